The van der Waals surface area contributed by atoms with Crippen LogP contribution in [0.25, 0.3) is 0 Å². The Hall–Kier alpha value is -2.11. The fourth-order valence-electron chi connectivity index (χ4n) is 1.34. The molecule has 2 aromatic rings. The normalized spacial score (nSPS) is 10.4. The highest BCUT2D eigenvalue weighted by molar-refractivity contribution is 5.92. The summed E-state index contributed by atoms with van der Waals surface area (Å²) in [7, 11) is 1.79. The predicted octanol–water partition coefficient (Wildman–Crippen LogP) is 0.817. The van der Waals surface area contributed by atoms with Crippen LogP contribution in [0.1, 0.15) is 16.2 Å². The number of rotatable bonds is 3. The fourth-order valence-corrected chi connectivity index (χ4v) is 1.34. The molecule has 0 saturated carbocycles. The lowest BCUT2D eigenvalue weighted by Gasteiger charge is -2.03. The van der Waals surface area contributed by atoms with Crippen LogP contribution >= 0.6 is 0 Å². The Bertz CT molecular complexity index is 502. The van der Waals surface area contributed by atoms with Gasteiger partial charge in [0.05, 0.1) is 12.2 Å². The van der Waals surface area contributed by atoms with E-state index in [-0.39, 0.29) is 11.6 Å². The highest BCUT2D eigenvalue weighted by atomic mass is 19.1. The first-order valence-electron chi connectivity index (χ1n) is 4.76. The van der Waals surface area contributed by atoms with E-state index in [1.165, 1.54) is 0 Å². The van der Waals surface area contributed by atoms with Crippen molar-refractivity contribution < 1.29 is 9.18 Å². The first kappa shape index (κ1) is 10.4. The first-order chi connectivity index (χ1) is 7.66. The highest BCUT2D eigenvalue weighted by Gasteiger charge is 2.08. The molecule has 2 rings (SSSR count). The van der Waals surface area contributed by atoms with Gasteiger partial charge in [-0.2, -0.15) is 5.10 Å². The van der Waals surface area contributed by atoms with Gasteiger partial charge in [-0.15, -0.1) is 0 Å². The summed E-state index contributed by atoms with van der Waals surface area (Å²) >= 11 is 0. The molecule has 0 unspecified atom stereocenters. The molecule has 0 saturated heterocycles. The van der Waals surface area contributed by atoms with Crippen LogP contribution in [0.5, 0.6) is 0 Å². The lowest BCUT2D eigenvalue weighted by Crippen LogP contribution is -2.24. The van der Waals surface area contributed by atoms with Gasteiger partial charge in [-0.05, 0) is 6.07 Å². The number of hydrogen-bond donors (Lipinski definition) is 2. The van der Waals surface area contributed by atoms with E-state index in [0.29, 0.717) is 6.54 Å². The summed E-state index contributed by atoms with van der Waals surface area (Å²) in [5.41, 5.74) is 1.08. The number of H-pyrrole nitrogens is 1. The highest BCUT2D eigenvalue weighted by Crippen LogP contribution is 2.01. The molecular weight excluding hydrogens is 211 g/mol. The minimum Gasteiger partial charge on any atom is -0.355 e. The number of hydrogen-bond acceptors (Lipinski definition) is 2. The van der Waals surface area contributed by atoms with Crippen molar-refractivity contribution in [1.29, 1.82) is 0 Å². The number of nitrogens with one attached hydrogen (secondary N) is 2. The standard InChI is InChI=1S/C10H11FN4O/c1-15-8(2-3-14-15)6-13-10(16)9-4-7(11)5-12-9/h2-5,12H,6H2,1H3,(H,13,16). The molecule has 2 heterocycles. The van der Waals surface area contributed by atoms with E-state index in [2.05, 4.69) is 15.4 Å². The molecule has 0 spiro atoms. The molecule has 0 fully saturated rings. The van der Waals surface area contributed by atoms with Gasteiger partial charge in [-0.1, -0.05) is 0 Å². The Labute approximate surface area is 91.3 Å². The van der Waals surface area contributed by atoms with Crippen LogP contribution in [0, 0.1) is 5.82 Å². The van der Waals surface area contributed by atoms with Crippen LogP contribution in [-0.2, 0) is 13.6 Å². The van der Waals surface area contributed by atoms with Gasteiger partial charge < -0.3 is 10.3 Å². The molecule has 5 nitrogen and oxygen atoms in total. The molecule has 2 aromatic heterocycles. The fraction of sp³-hybridized carbons (Fsp3) is 0.200. The monoisotopic (exact) mass is 222 g/mol. The average Bonchev–Trinajstić information content (AvgIpc) is 2.84. The van der Waals surface area contributed by atoms with Crippen molar-refractivity contribution in [3.8, 4) is 0 Å². The Morgan fingerprint density at radius 2 is 2.50 bits per heavy atom. The molecule has 6 heteroatoms. The Morgan fingerprint density at radius 1 is 1.69 bits per heavy atom. The van der Waals surface area contributed by atoms with E-state index < -0.39 is 5.82 Å². The van der Waals surface area contributed by atoms with E-state index >= 15 is 0 Å². The minimum absolute atomic E-state index is 0.208. The topological polar surface area (TPSA) is 62.7 Å². The quantitative estimate of drug-likeness (QED) is 0.807. The second kappa shape index (κ2) is 4.18. The van der Waals surface area contributed by atoms with Crippen LogP contribution in [0.15, 0.2) is 24.5 Å². The Balaban J connectivity index is 1.96. The van der Waals surface area contributed by atoms with Crippen molar-refractivity contribution in [2.75, 3.05) is 0 Å². The van der Waals surface area contributed by atoms with E-state index in [9.17, 15) is 9.18 Å². The van der Waals surface area contributed by atoms with E-state index in [4.69, 9.17) is 0 Å². The summed E-state index contributed by atoms with van der Waals surface area (Å²) in [5.74, 6) is -0.796. The van der Waals surface area contributed by atoms with Crippen molar-refractivity contribution in [3.05, 3.63) is 41.7 Å². The molecule has 0 aromatic carbocycles. The number of aromatic amines is 1. The summed E-state index contributed by atoms with van der Waals surface area (Å²) in [6.45, 7) is 0.357. The Kier molecular flexibility index (Phi) is 2.72. The molecule has 1 amide bonds. The third-order valence-corrected chi connectivity index (χ3v) is 2.24. The number of halogens is 1. The van der Waals surface area contributed by atoms with Crippen molar-refractivity contribution in [3.63, 3.8) is 0 Å². The molecule has 16 heavy (non-hydrogen) atoms. The zero-order valence-corrected chi connectivity index (χ0v) is 8.70. The molecule has 84 valence electrons. The summed E-state index contributed by atoms with van der Waals surface area (Å²) in [6, 6.07) is 2.95. The van der Waals surface area contributed by atoms with Crippen molar-refractivity contribution in [2.24, 2.45) is 7.05 Å². The summed E-state index contributed by atoms with van der Waals surface area (Å²) in [5, 5.41) is 6.63. The van der Waals surface area contributed by atoms with Gasteiger partial charge in [0.1, 0.15) is 11.5 Å². The summed E-state index contributed by atoms with van der Waals surface area (Å²) < 4.78 is 14.3. The van der Waals surface area contributed by atoms with E-state index in [1.807, 2.05) is 0 Å². The van der Waals surface area contributed by atoms with Crippen LogP contribution in [0.2, 0.25) is 0 Å². The van der Waals surface area contributed by atoms with Gasteiger partial charge in [0, 0.05) is 25.5 Å². The molecule has 0 aliphatic heterocycles. The van der Waals surface area contributed by atoms with Crippen LogP contribution in [0.4, 0.5) is 4.39 Å². The van der Waals surface area contributed by atoms with Crippen LogP contribution in [-0.4, -0.2) is 20.7 Å². The molecule has 0 atom stereocenters. The van der Waals surface area contributed by atoms with Crippen LogP contribution < -0.4 is 5.32 Å². The Morgan fingerprint density at radius 3 is 3.06 bits per heavy atom. The van der Waals surface area contributed by atoms with Gasteiger partial charge in [0.25, 0.3) is 5.91 Å². The number of aryl methyl sites for hydroxylation is 1. The predicted molar refractivity (Wildman–Crippen MR) is 55.1 cm³/mol. The van der Waals surface area contributed by atoms with Gasteiger partial charge in [0.2, 0.25) is 0 Å². The third-order valence-electron chi connectivity index (χ3n) is 2.24. The largest absolute Gasteiger partial charge is 0.355 e. The van der Waals surface area contributed by atoms with Gasteiger partial charge >= 0.3 is 0 Å². The second-order valence-corrected chi connectivity index (χ2v) is 3.36. The van der Waals surface area contributed by atoms with Crippen molar-refractivity contribution >= 4 is 5.91 Å². The zero-order chi connectivity index (χ0) is 11.5. The summed E-state index contributed by atoms with van der Waals surface area (Å²) in [6.07, 6.45) is 2.79. The average molecular weight is 222 g/mol. The van der Waals surface area contributed by atoms with Gasteiger partial charge in [0.15, 0.2) is 0 Å². The minimum atomic E-state index is -0.453. The smallest absolute Gasteiger partial charge is 0.268 e. The first-order valence-corrected chi connectivity index (χ1v) is 4.76. The number of carbonyl (C=O) groups excluding carboxylic acids is 1. The van der Waals surface area contributed by atoms with Gasteiger partial charge in [-0.3, -0.25) is 9.48 Å². The molecule has 0 aliphatic carbocycles. The van der Waals surface area contributed by atoms with E-state index in [0.717, 1.165) is 18.0 Å². The second-order valence-electron chi connectivity index (χ2n) is 3.36. The number of amides is 1. The van der Waals surface area contributed by atoms with Crippen LogP contribution in [0.3, 0.4) is 0 Å². The van der Waals surface area contributed by atoms with Crippen molar-refractivity contribution in [2.45, 2.75) is 6.54 Å². The van der Waals surface area contributed by atoms with E-state index in [1.54, 1.807) is 24.0 Å². The number of carbonyl (C=O) groups is 1. The molecule has 0 bridgehead atoms. The molecular formula is C10H11FN4O. The maximum absolute atomic E-state index is 12.6. The maximum Gasteiger partial charge on any atom is 0.268 e. The number of nitrogens with zero attached hydrogens (tertiary/aromatic N) is 2. The number of aromatic nitrogens is 3. The molecule has 2 N–H and O–H groups in total. The zero-order valence-electron chi connectivity index (χ0n) is 8.70. The van der Waals surface area contributed by atoms with Crippen molar-refractivity contribution in [1.82, 2.24) is 20.1 Å². The lowest BCUT2D eigenvalue weighted by molar-refractivity contribution is 0.0945. The molecule has 0 aliphatic rings. The lowest BCUT2D eigenvalue weighted by atomic mass is 10.3. The SMILES string of the molecule is Cn1nccc1CNC(=O)c1cc(F)c[nH]1. The van der Waals surface area contributed by atoms with Gasteiger partial charge in [-0.25, -0.2) is 4.39 Å². The third kappa shape index (κ3) is 2.10. The maximum atomic E-state index is 12.6. The summed E-state index contributed by atoms with van der Waals surface area (Å²) in [4.78, 5) is 14.1. The molecule has 0 radical (unpaired) electrons.